The van der Waals surface area contributed by atoms with Crippen LogP contribution in [0.5, 0.6) is 0 Å². The summed E-state index contributed by atoms with van der Waals surface area (Å²) in [5, 5.41) is 11.5. The van der Waals surface area contributed by atoms with Crippen LogP contribution in [0.2, 0.25) is 0 Å². The molecule has 1 aromatic carbocycles. The van der Waals surface area contributed by atoms with Crippen molar-refractivity contribution in [1.82, 2.24) is 4.90 Å². The van der Waals surface area contributed by atoms with Crippen molar-refractivity contribution < 1.29 is 9.60 Å². The van der Waals surface area contributed by atoms with Crippen LogP contribution in [-0.4, -0.2) is 36.2 Å². The first-order valence-electron chi connectivity index (χ1n) is 5.48. The van der Waals surface area contributed by atoms with Gasteiger partial charge in [0.1, 0.15) is 0 Å². The number of nitrogens with two attached hydrogens (primary N) is 1. The first kappa shape index (κ1) is 13.4. The second-order valence-electron chi connectivity index (χ2n) is 3.97. The number of rotatable bonds is 6. The maximum atomic E-state index is 12.0. The molecule has 0 bridgehead atoms. The molecule has 0 atom stereocenters. The Kier molecular flexibility index (Phi) is 5.42. The number of benzene rings is 1. The summed E-state index contributed by atoms with van der Waals surface area (Å²) in [5.74, 6) is 0.0956. The molecule has 0 aliphatic heterocycles. The highest BCUT2D eigenvalue weighted by molar-refractivity contribution is 5.97. The third-order valence-electron chi connectivity index (χ3n) is 2.46. The maximum absolute atomic E-state index is 12.0. The fraction of sp³-hybridized carbons (Fsp3) is 0.417. The molecule has 4 nitrogen and oxygen atoms in total. The van der Waals surface area contributed by atoms with Gasteiger partial charge in [-0.15, -0.1) is 0 Å². The van der Waals surface area contributed by atoms with Crippen LogP contribution in [0.4, 0.5) is 4.39 Å². The maximum Gasteiger partial charge on any atom is 0.170 e. The third kappa shape index (κ3) is 4.40. The van der Waals surface area contributed by atoms with Crippen molar-refractivity contribution in [1.29, 1.82) is 0 Å². The van der Waals surface area contributed by atoms with Gasteiger partial charge in [-0.25, -0.2) is 0 Å². The van der Waals surface area contributed by atoms with Crippen molar-refractivity contribution in [2.24, 2.45) is 10.9 Å². The Bertz CT molecular complexity index is 382. The highest BCUT2D eigenvalue weighted by Crippen LogP contribution is 2.08. The van der Waals surface area contributed by atoms with Crippen molar-refractivity contribution in [3.63, 3.8) is 0 Å². The fourth-order valence-corrected chi connectivity index (χ4v) is 1.61. The van der Waals surface area contributed by atoms with Crippen LogP contribution in [0.25, 0.3) is 0 Å². The SMILES string of the molecule is CN(CCCF)Cc1cccc(/C(N)=N/O)c1. The Balaban J connectivity index is 2.65. The second kappa shape index (κ2) is 6.85. The molecule has 0 radical (unpaired) electrons. The Hall–Kier alpha value is -1.62. The first-order valence-corrected chi connectivity index (χ1v) is 5.48. The van der Waals surface area contributed by atoms with Crippen LogP contribution < -0.4 is 5.73 Å². The molecule has 1 rings (SSSR count). The van der Waals surface area contributed by atoms with E-state index in [1.807, 2.05) is 30.1 Å². The fourth-order valence-electron chi connectivity index (χ4n) is 1.61. The smallest absolute Gasteiger partial charge is 0.170 e. The van der Waals surface area contributed by atoms with Gasteiger partial charge in [0.2, 0.25) is 0 Å². The van der Waals surface area contributed by atoms with Crippen LogP contribution >= 0.6 is 0 Å². The minimum absolute atomic E-state index is 0.0956. The van der Waals surface area contributed by atoms with Crippen molar-refractivity contribution in [3.8, 4) is 0 Å². The molecular formula is C12H18FN3O. The van der Waals surface area contributed by atoms with Gasteiger partial charge in [-0.2, -0.15) is 0 Å². The summed E-state index contributed by atoms with van der Waals surface area (Å²) in [6, 6.07) is 7.45. The molecule has 0 saturated carbocycles. The van der Waals surface area contributed by atoms with Gasteiger partial charge >= 0.3 is 0 Å². The number of oxime groups is 1. The predicted octanol–water partition coefficient (Wildman–Crippen LogP) is 1.57. The lowest BCUT2D eigenvalue weighted by atomic mass is 10.1. The molecule has 0 heterocycles. The largest absolute Gasteiger partial charge is 0.409 e. The number of nitrogens with zero attached hydrogens (tertiary/aromatic N) is 2. The third-order valence-corrected chi connectivity index (χ3v) is 2.46. The quantitative estimate of drug-likeness (QED) is 0.343. The van der Waals surface area contributed by atoms with Gasteiger partial charge in [0.15, 0.2) is 5.84 Å². The molecule has 3 N–H and O–H groups in total. The predicted molar refractivity (Wildman–Crippen MR) is 65.9 cm³/mol. The molecule has 0 aromatic heterocycles. The monoisotopic (exact) mass is 239 g/mol. The Morgan fingerprint density at radius 2 is 2.29 bits per heavy atom. The van der Waals surface area contributed by atoms with E-state index in [4.69, 9.17) is 10.9 Å². The molecular weight excluding hydrogens is 221 g/mol. The molecule has 1 aromatic rings. The molecule has 17 heavy (non-hydrogen) atoms. The summed E-state index contributed by atoms with van der Waals surface area (Å²) in [7, 11) is 1.94. The number of amidine groups is 1. The Morgan fingerprint density at radius 3 is 2.94 bits per heavy atom. The Labute approximate surface area is 101 Å². The van der Waals surface area contributed by atoms with Crippen molar-refractivity contribution >= 4 is 5.84 Å². The van der Waals surface area contributed by atoms with Crippen LogP contribution in [0.3, 0.4) is 0 Å². The van der Waals surface area contributed by atoms with Crippen molar-refractivity contribution in [2.75, 3.05) is 20.3 Å². The lowest BCUT2D eigenvalue weighted by molar-refractivity contribution is 0.303. The zero-order valence-electron chi connectivity index (χ0n) is 9.93. The van der Waals surface area contributed by atoms with E-state index in [2.05, 4.69) is 5.16 Å². The van der Waals surface area contributed by atoms with E-state index in [1.54, 1.807) is 6.07 Å². The van der Waals surface area contributed by atoms with E-state index in [0.29, 0.717) is 25.1 Å². The average Bonchev–Trinajstić information content (AvgIpc) is 2.35. The summed E-state index contributed by atoms with van der Waals surface area (Å²) < 4.78 is 12.0. The first-order chi connectivity index (χ1) is 8.17. The second-order valence-corrected chi connectivity index (χ2v) is 3.97. The molecule has 5 heteroatoms. The van der Waals surface area contributed by atoms with Gasteiger partial charge < -0.3 is 15.8 Å². The molecule has 0 amide bonds. The molecule has 0 fully saturated rings. The zero-order valence-corrected chi connectivity index (χ0v) is 9.93. The van der Waals surface area contributed by atoms with Crippen LogP contribution in [-0.2, 0) is 6.54 Å². The summed E-state index contributed by atoms with van der Waals surface area (Å²) in [6.45, 7) is 1.13. The van der Waals surface area contributed by atoms with Gasteiger partial charge in [-0.05, 0) is 25.1 Å². The standard InChI is InChI=1S/C12H18FN3O/c1-16(7-3-6-13)9-10-4-2-5-11(8-10)12(14)15-17/h2,4-5,8,17H,3,6-7,9H2,1H3,(H2,14,15). The highest BCUT2D eigenvalue weighted by atomic mass is 19.1. The Morgan fingerprint density at radius 1 is 1.53 bits per heavy atom. The minimum atomic E-state index is -0.297. The summed E-state index contributed by atoms with van der Waals surface area (Å²) in [5.41, 5.74) is 7.25. The number of hydrogen-bond acceptors (Lipinski definition) is 3. The normalized spacial score (nSPS) is 12.1. The van der Waals surface area contributed by atoms with Gasteiger partial charge in [-0.1, -0.05) is 23.4 Å². The van der Waals surface area contributed by atoms with E-state index >= 15 is 0 Å². The molecule has 0 unspecified atom stereocenters. The van der Waals surface area contributed by atoms with E-state index in [-0.39, 0.29) is 12.5 Å². The van der Waals surface area contributed by atoms with Gasteiger partial charge in [0, 0.05) is 18.7 Å². The van der Waals surface area contributed by atoms with Crippen LogP contribution in [0.1, 0.15) is 17.5 Å². The molecule has 0 saturated heterocycles. The zero-order chi connectivity index (χ0) is 12.7. The van der Waals surface area contributed by atoms with Gasteiger partial charge in [0.05, 0.1) is 6.67 Å². The van der Waals surface area contributed by atoms with E-state index in [9.17, 15) is 4.39 Å². The lowest BCUT2D eigenvalue weighted by Crippen LogP contribution is -2.20. The van der Waals surface area contributed by atoms with E-state index in [1.165, 1.54) is 0 Å². The minimum Gasteiger partial charge on any atom is -0.409 e. The summed E-state index contributed by atoms with van der Waals surface area (Å²) >= 11 is 0. The molecule has 0 spiro atoms. The highest BCUT2D eigenvalue weighted by Gasteiger charge is 2.03. The summed E-state index contributed by atoms with van der Waals surface area (Å²) in [4.78, 5) is 2.03. The number of halogens is 1. The molecule has 94 valence electrons. The van der Waals surface area contributed by atoms with Crippen molar-refractivity contribution in [2.45, 2.75) is 13.0 Å². The molecule has 0 aliphatic rings. The molecule has 0 aliphatic carbocycles. The lowest BCUT2D eigenvalue weighted by Gasteiger charge is -2.16. The number of hydrogen-bond donors (Lipinski definition) is 2. The van der Waals surface area contributed by atoms with Crippen LogP contribution in [0, 0.1) is 0 Å². The van der Waals surface area contributed by atoms with E-state index < -0.39 is 0 Å². The van der Waals surface area contributed by atoms with Gasteiger partial charge in [-0.3, -0.25) is 4.39 Å². The van der Waals surface area contributed by atoms with Crippen molar-refractivity contribution in [3.05, 3.63) is 35.4 Å². The topological polar surface area (TPSA) is 61.8 Å². The van der Waals surface area contributed by atoms with Crippen LogP contribution in [0.15, 0.2) is 29.4 Å². The summed E-state index contributed by atoms with van der Waals surface area (Å²) in [6.07, 6.45) is 0.538. The van der Waals surface area contributed by atoms with E-state index in [0.717, 1.165) is 5.56 Å². The van der Waals surface area contributed by atoms with Gasteiger partial charge in [0.25, 0.3) is 0 Å². The number of alkyl halides is 1. The average molecular weight is 239 g/mol.